The lowest BCUT2D eigenvalue weighted by atomic mass is 9.94. The first-order chi connectivity index (χ1) is 13.0. The van der Waals surface area contributed by atoms with Crippen LogP contribution < -0.4 is 4.90 Å². The molecule has 2 atom stereocenters. The Morgan fingerprint density at radius 1 is 1.44 bits per heavy atom. The van der Waals surface area contributed by atoms with E-state index < -0.39 is 6.17 Å². The van der Waals surface area contributed by atoms with Gasteiger partial charge in [0.2, 0.25) is 0 Å². The van der Waals surface area contributed by atoms with Crippen molar-refractivity contribution in [1.29, 1.82) is 0 Å². The summed E-state index contributed by atoms with van der Waals surface area (Å²) < 4.78 is 19.5. The predicted molar refractivity (Wildman–Crippen MR) is 95.6 cm³/mol. The number of aryl methyl sites for hydroxylation is 1. The lowest BCUT2D eigenvalue weighted by molar-refractivity contribution is 0.0779. The monoisotopic (exact) mass is 372 g/mol. The van der Waals surface area contributed by atoms with Crippen LogP contribution in [-0.2, 0) is 6.42 Å². The van der Waals surface area contributed by atoms with Crippen molar-refractivity contribution in [3.63, 3.8) is 0 Å². The number of furan rings is 1. The van der Waals surface area contributed by atoms with Gasteiger partial charge in [0.05, 0.1) is 23.7 Å². The quantitative estimate of drug-likeness (QED) is 0.819. The molecule has 0 saturated carbocycles. The molecule has 0 N–H and O–H groups in total. The van der Waals surface area contributed by atoms with Crippen LogP contribution in [-0.4, -0.2) is 58.9 Å². The molecule has 2 aliphatic rings. The molecule has 142 valence electrons. The average Bonchev–Trinajstić information content (AvgIpc) is 3.26. The number of amides is 1. The van der Waals surface area contributed by atoms with Gasteiger partial charge >= 0.3 is 0 Å². The Morgan fingerprint density at radius 3 is 3.07 bits per heavy atom. The molecule has 0 aromatic carbocycles. The van der Waals surface area contributed by atoms with Gasteiger partial charge in [-0.15, -0.1) is 0 Å². The highest BCUT2D eigenvalue weighted by molar-refractivity contribution is 6.09. The molecule has 1 aliphatic heterocycles. The minimum Gasteiger partial charge on any atom is -0.468 e. The third-order valence-corrected chi connectivity index (χ3v) is 5.24. The topological polar surface area (TPSA) is 79.5 Å². The van der Waals surface area contributed by atoms with Crippen molar-refractivity contribution in [2.75, 3.05) is 25.0 Å². The summed E-state index contributed by atoms with van der Waals surface area (Å²) in [6.45, 7) is 0.570. The lowest BCUT2D eigenvalue weighted by Gasteiger charge is -2.29. The number of nitrogens with zero attached hydrogens (tertiary/aromatic N) is 4. The molecule has 27 heavy (non-hydrogen) atoms. The number of rotatable bonds is 4. The fraction of sp³-hybridized carbons (Fsp3) is 0.474. The number of ketones is 1. The van der Waals surface area contributed by atoms with Crippen molar-refractivity contribution in [1.82, 2.24) is 14.9 Å². The molecule has 1 saturated heterocycles. The molecule has 0 unspecified atom stereocenters. The molecule has 1 fully saturated rings. The van der Waals surface area contributed by atoms with E-state index in [0.717, 1.165) is 6.42 Å². The first-order valence-electron chi connectivity index (χ1n) is 9.10. The van der Waals surface area contributed by atoms with Crippen LogP contribution in [0.4, 0.5) is 10.2 Å². The maximum absolute atomic E-state index is 14.1. The summed E-state index contributed by atoms with van der Waals surface area (Å²) in [4.78, 5) is 36.6. The molecule has 3 heterocycles. The van der Waals surface area contributed by atoms with Gasteiger partial charge in [-0.2, -0.15) is 0 Å². The van der Waals surface area contributed by atoms with Crippen LogP contribution in [0.5, 0.6) is 0 Å². The van der Waals surface area contributed by atoms with Crippen molar-refractivity contribution in [2.24, 2.45) is 0 Å². The number of alkyl halides is 1. The minimum absolute atomic E-state index is 0.0472. The van der Waals surface area contributed by atoms with Gasteiger partial charge in [-0.05, 0) is 12.5 Å². The van der Waals surface area contributed by atoms with E-state index in [1.807, 2.05) is 4.90 Å². The number of anilines is 1. The van der Waals surface area contributed by atoms with E-state index in [2.05, 4.69) is 9.97 Å². The fourth-order valence-electron chi connectivity index (χ4n) is 3.95. The number of aromatic nitrogens is 2. The highest BCUT2D eigenvalue weighted by Crippen LogP contribution is 2.29. The second-order valence-corrected chi connectivity index (χ2v) is 7.12. The van der Waals surface area contributed by atoms with Crippen molar-refractivity contribution >= 4 is 17.5 Å². The smallest absolute Gasteiger partial charge is 0.257 e. The van der Waals surface area contributed by atoms with Crippen LogP contribution in [0.25, 0.3) is 0 Å². The summed E-state index contributed by atoms with van der Waals surface area (Å²) in [5.74, 6) is 0.913. The molecule has 7 nitrogen and oxygen atoms in total. The van der Waals surface area contributed by atoms with Gasteiger partial charge < -0.3 is 14.2 Å². The fourth-order valence-corrected chi connectivity index (χ4v) is 3.95. The standard InChI is InChI=1S/C19H21FN4O3/c1-23(19(26)14-10-27-16-4-2-3-15(25)18(14)16)9-13-7-12(20)8-24(13)17-5-6-21-11-22-17/h5-6,10-13H,2-4,7-9H2,1H3/t12-,13-/m0/s1. The van der Waals surface area contributed by atoms with Crippen LogP contribution in [0.2, 0.25) is 0 Å². The minimum atomic E-state index is -0.975. The number of hydrogen-bond acceptors (Lipinski definition) is 6. The van der Waals surface area contributed by atoms with Gasteiger partial charge in [0.15, 0.2) is 5.78 Å². The van der Waals surface area contributed by atoms with Gasteiger partial charge in [-0.25, -0.2) is 14.4 Å². The van der Waals surface area contributed by atoms with E-state index in [9.17, 15) is 14.0 Å². The van der Waals surface area contributed by atoms with E-state index in [4.69, 9.17) is 4.42 Å². The van der Waals surface area contributed by atoms with Crippen LogP contribution in [0.1, 0.15) is 45.7 Å². The second-order valence-electron chi connectivity index (χ2n) is 7.12. The highest BCUT2D eigenvalue weighted by Gasteiger charge is 2.36. The summed E-state index contributed by atoms with van der Waals surface area (Å²) in [5, 5.41) is 0. The first-order valence-corrected chi connectivity index (χ1v) is 9.10. The largest absolute Gasteiger partial charge is 0.468 e. The highest BCUT2D eigenvalue weighted by atomic mass is 19.1. The molecular weight excluding hydrogens is 351 g/mol. The third kappa shape index (κ3) is 3.31. The van der Waals surface area contributed by atoms with Crippen molar-refractivity contribution in [2.45, 2.75) is 37.9 Å². The Balaban J connectivity index is 1.52. The molecule has 8 heteroatoms. The van der Waals surface area contributed by atoms with Gasteiger partial charge in [0.25, 0.3) is 5.91 Å². The Bertz CT molecular complexity index is 854. The summed E-state index contributed by atoms with van der Waals surface area (Å²) in [7, 11) is 1.67. The van der Waals surface area contributed by atoms with Crippen LogP contribution in [0.3, 0.4) is 0 Å². The zero-order valence-electron chi connectivity index (χ0n) is 15.1. The summed E-state index contributed by atoms with van der Waals surface area (Å²) in [6.07, 6.45) is 5.62. The molecule has 1 amide bonds. The van der Waals surface area contributed by atoms with Crippen LogP contribution in [0, 0.1) is 0 Å². The molecule has 0 spiro atoms. The zero-order valence-corrected chi connectivity index (χ0v) is 15.1. The summed E-state index contributed by atoms with van der Waals surface area (Å²) >= 11 is 0. The van der Waals surface area contributed by atoms with E-state index in [0.29, 0.717) is 48.5 Å². The van der Waals surface area contributed by atoms with Gasteiger partial charge in [-0.1, -0.05) is 0 Å². The Labute approximate surface area is 156 Å². The first kappa shape index (κ1) is 17.6. The van der Waals surface area contributed by atoms with E-state index in [1.165, 1.54) is 17.5 Å². The van der Waals surface area contributed by atoms with E-state index in [1.54, 1.807) is 19.3 Å². The summed E-state index contributed by atoms with van der Waals surface area (Å²) in [5.41, 5.74) is 0.723. The molecule has 4 rings (SSSR count). The number of Topliss-reactive ketones (excluding diaryl/α,β-unsaturated/α-hetero) is 1. The normalized spacial score (nSPS) is 22.0. The number of hydrogen-bond donors (Lipinski definition) is 0. The molecule has 2 aromatic heterocycles. The number of halogens is 1. The maximum Gasteiger partial charge on any atom is 0.257 e. The molecule has 0 bridgehead atoms. The Morgan fingerprint density at radius 2 is 2.30 bits per heavy atom. The van der Waals surface area contributed by atoms with Crippen molar-refractivity contribution < 1.29 is 18.4 Å². The summed E-state index contributed by atoms with van der Waals surface area (Å²) in [6, 6.07) is 1.54. The molecule has 1 aliphatic carbocycles. The van der Waals surface area contributed by atoms with Gasteiger partial charge in [0, 0.05) is 39.1 Å². The SMILES string of the molecule is CN(C[C@@H]1C[C@H](F)CN1c1ccncn1)C(=O)c1coc2c1C(=O)CCC2. The number of fused-ring (bicyclic) bond motifs is 1. The second kappa shape index (κ2) is 7.09. The van der Waals surface area contributed by atoms with Gasteiger partial charge in [-0.3, -0.25) is 9.59 Å². The van der Waals surface area contributed by atoms with E-state index in [-0.39, 0.29) is 24.3 Å². The number of likely N-dealkylation sites (N-methyl/N-ethyl adjacent to an activating group) is 1. The zero-order chi connectivity index (χ0) is 19.0. The number of carbonyl (C=O) groups excluding carboxylic acids is 2. The average molecular weight is 372 g/mol. The van der Waals surface area contributed by atoms with Gasteiger partial charge in [0.1, 0.15) is 30.3 Å². The maximum atomic E-state index is 14.1. The van der Waals surface area contributed by atoms with Crippen molar-refractivity contribution in [3.05, 3.63) is 41.7 Å². The predicted octanol–water partition coefficient (Wildman–Crippen LogP) is 2.28. The molecule has 0 radical (unpaired) electrons. The van der Waals surface area contributed by atoms with Crippen molar-refractivity contribution in [3.8, 4) is 0 Å². The Hall–Kier alpha value is -2.77. The lowest BCUT2D eigenvalue weighted by Crippen LogP contribution is -2.42. The van der Waals surface area contributed by atoms with Crippen LogP contribution >= 0.6 is 0 Å². The van der Waals surface area contributed by atoms with Crippen LogP contribution in [0.15, 0.2) is 29.3 Å². The molecule has 2 aromatic rings. The number of carbonyl (C=O) groups is 2. The van der Waals surface area contributed by atoms with E-state index >= 15 is 0 Å². The third-order valence-electron chi connectivity index (χ3n) is 5.24. The molecular formula is C19H21FN4O3. The Kier molecular flexibility index (Phi) is 4.63.